The van der Waals surface area contributed by atoms with Crippen LogP contribution in [-0.4, -0.2) is 17.9 Å². The summed E-state index contributed by atoms with van der Waals surface area (Å²) in [7, 11) is 1.97. The molecule has 1 N–H and O–H groups in total. The molecule has 4 nitrogen and oxygen atoms in total. The highest BCUT2D eigenvalue weighted by Gasteiger charge is 2.09. The standard InChI is InChI=1S/C21H21N3O/c1-3-16-9-11-17(12-10-16)23-21(25)20-14-13-19(15-22-20)24(2)18-7-5-4-6-8-18/h4-15H,3H2,1-2H3,(H,23,25). The lowest BCUT2D eigenvalue weighted by Gasteiger charge is -2.19. The summed E-state index contributed by atoms with van der Waals surface area (Å²) in [6.07, 6.45) is 2.69. The lowest BCUT2D eigenvalue weighted by Crippen LogP contribution is -2.15. The van der Waals surface area contributed by atoms with Crippen LogP contribution in [-0.2, 0) is 6.42 Å². The molecule has 0 saturated carbocycles. The molecule has 0 aliphatic carbocycles. The second-order valence-electron chi connectivity index (χ2n) is 5.80. The molecule has 3 aromatic rings. The lowest BCUT2D eigenvalue weighted by atomic mass is 10.1. The van der Waals surface area contributed by atoms with E-state index in [4.69, 9.17) is 0 Å². The van der Waals surface area contributed by atoms with Gasteiger partial charge in [-0.15, -0.1) is 0 Å². The van der Waals surface area contributed by atoms with Crippen LogP contribution in [0.3, 0.4) is 0 Å². The highest BCUT2D eigenvalue weighted by atomic mass is 16.1. The van der Waals surface area contributed by atoms with Crippen molar-refractivity contribution in [2.24, 2.45) is 0 Å². The minimum Gasteiger partial charge on any atom is -0.343 e. The van der Waals surface area contributed by atoms with Crippen molar-refractivity contribution in [3.63, 3.8) is 0 Å². The Morgan fingerprint density at radius 3 is 2.28 bits per heavy atom. The summed E-state index contributed by atoms with van der Waals surface area (Å²) in [6.45, 7) is 2.10. The predicted octanol–water partition coefficient (Wildman–Crippen LogP) is 4.66. The number of nitrogens with zero attached hydrogens (tertiary/aromatic N) is 2. The van der Waals surface area contributed by atoms with E-state index in [2.05, 4.69) is 17.2 Å². The summed E-state index contributed by atoms with van der Waals surface area (Å²) >= 11 is 0. The quantitative estimate of drug-likeness (QED) is 0.739. The second-order valence-corrected chi connectivity index (χ2v) is 5.80. The Hall–Kier alpha value is -3.14. The van der Waals surface area contributed by atoms with Crippen LogP contribution in [0.2, 0.25) is 0 Å². The van der Waals surface area contributed by atoms with Crippen molar-refractivity contribution < 1.29 is 4.79 Å². The highest BCUT2D eigenvalue weighted by Crippen LogP contribution is 2.22. The molecule has 0 bridgehead atoms. The highest BCUT2D eigenvalue weighted by molar-refractivity contribution is 6.03. The third-order valence-electron chi connectivity index (χ3n) is 4.13. The number of nitrogens with one attached hydrogen (secondary N) is 1. The van der Waals surface area contributed by atoms with E-state index in [1.54, 1.807) is 12.3 Å². The van der Waals surface area contributed by atoms with Crippen LogP contribution in [0, 0.1) is 0 Å². The molecule has 0 fully saturated rings. The number of rotatable bonds is 5. The topological polar surface area (TPSA) is 45.2 Å². The number of aryl methyl sites for hydroxylation is 1. The number of pyridine rings is 1. The van der Waals surface area contributed by atoms with Gasteiger partial charge in [0.15, 0.2) is 0 Å². The maximum Gasteiger partial charge on any atom is 0.274 e. The molecular weight excluding hydrogens is 310 g/mol. The van der Waals surface area contributed by atoms with Crippen LogP contribution in [0.1, 0.15) is 23.0 Å². The van der Waals surface area contributed by atoms with Gasteiger partial charge in [-0.1, -0.05) is 37.3 Å². The number of benzene rings is 2. The zero-order valence-electron chi connectivity index (χ0n) is 14.4. The van der Waals surface area contributed by atoms with E-state index in [0.29, 0.717) is 5.69 Å². The van der Waals surface area contributed by atoms with Gasteiger partial charge in [-0.25, -0.2) is 4.98 Å². The van der Waals surface area contributed by atoms with E-state index in [1.165, 1.54) is 5.56 Å². The SMILES string of the molecule is CCc1ccc(NC(=O)c2ccc(N(C)c3ccccc3)cn2)cc1. The molecule has 0 atom stereocenters. The normalized spacial score (nSPS) is 10.3. The first-order valence-electron chi connectivity index (χ1n) is 8.32. The molecule has 0 spiro atoms. The smallest absolute Gasteiger partial charge is 0.274 e. The number of para-hydroxylation sites is 1. The molecule has 25 heavy (non-hydrogen) atoms. The fourth-order valence-electron chi connectivity index (χ4n) is 2.54. The fraction of sp³-hybridized carbons (Fsp3) is 0.143. The zero-order valence-corrected chi connectivity index (χ0v) is 14.4. The van der Waals surface area contributed by atoms with E-state index in [1.807, 2.05) is 72.6 Å². The van der Waals surface area contributed by atoms with Crippen molar-refractivity contribution >= 4 is 23.0 Å². The average Bonchev–Trinajstić information content (AvgIpc) is 2.69. The van der Waals surface area contributed by atoms with Crippen LogP contribution in [0.25, 0.3) is 0 Å². The van der Waals surface area contributed by atoms with Gasteiger partial charge in [0.25, 0.3) is 5.91 Å². The van der Waals surface area contributed by atoms with Gasteiger partial charge in [-0.05, 0) is 48.4 Å². The number of hydrogen-bond acceptors (Lipinski definition) is 3. The van der Waals surface area contributed by atoms with Crippen LogP contribution < -0.4 is 10.2 Å². The molecule has 1 amide bonds. The molecule has 2 aromatic carbocycles. The van der Waals surface area contributed by atoms with Crippen molar-refractivity contribution in [3.8, 4) is 0 Å². The minimum absolute atomic E-state index is 0.210. The van der Waals surface area contributed by atoms with Crippen LogP contribution >= 0.6 is 0 Å². The Kier molecular flexibility index (Phi) is 5.09. The summed E-state index contributed by atoms with van der Waals surface area (Å²) in [5, 5.41) is 2.87. The summed E-state index contributed by atoms with van der Waals surface area (Å²) in [5.74, 6) is -0.210. The Labute approximate surface area is 148 Å². The number of aromatic nitrogens is 1. The molecule has 1 heterocycles. The largest absolute Gasteiger partial charge is 0.343 e. The lowest BCUT2D eigenvalue weighted by molar-refractivity contribution is 0.102. The van der Waals surface area contributed by atoms with E-state index in [-0.39, 0.29) is 5.91 Å². The van der Waals surface area contributed by atoms with Gasteiger partial charge in [0.1, 0.15) is 5.69 Å². The van der Waals surface area contributed by atoms with Gasteiger partial charge in [-0.2, -0.15) is 0 Å². The van der Waals surface area contributed by atoms with Crippen molar-refractivity contribution in [2.45, 2.75) is 13.3 Å². The van der Waals surface area contributed by atoms with Gasteiger partial charge < -0.3 is 10.2 Å². The van der Waals surface area contributed by atoms with Gasteiger partial charge >= 0.3 is 0 Å². The van der Waals surface area contributed by atoms with Crippen molar-refractivity contribution in [1.29, 1.82) is 0 Å². The molecule has 1 aromatic heterocycles. The molecule has 0 aliphatic rings. The first-order chi connectivity index (χ1) is 12.2. The van der Waals surface area contributed by atoms with Gasteiger partial charge in [0.2, 0.25) is 0 Å². The van der Waals surface area contributed by atoms with Gasteiger partial charge in [0.05, 0.1) is 11.9 Å². The maximum absolute atomic E-state index is 12.3. The minimum atomic E-state index is -0.210. The second kappa shape index (κ2) is 7.62. The van der Waals surface area contributed by atoms with E-state index < -0.39 is 0 Å². The zero-order chi connectivity index (χ0) is 17.6. The molecule has 0 aliphatic heterocycles. The average molecular weight is 331 g/mol. The van der Waals surface area contributed by atoms with Crippen LogP contribution in [0.4, 0.5) is 17.1 Å². The molecule has 0 unspecified atom stereocenters. The van der Waals surface area contributed by atoms with E-state index in [0.717, 1.165) is 23.5 Å². The Balaban J connectivity index is 1.69. The number of amides is 1. The third-order valence-corrected chi connectivity index (χ3v) is 4.13. The van der Waals surface area contributed by atoms with Gasteiger partial charge in [0, 0.05) is 18.4 Å². The number of carbonyl (C=O) groups is 1. The first-order valence-corrected chi connectivity index (χ1v) is 8.32. The number of carbonyl (C=O) groups excluding carboxylic acids is 1. The molecule has 4 heteroatoms. The van der Waals surface area contributed by atoms with Crippen LogP contribution in [0.15, 0.2) is 72.9 Å². The monoisotopic (exact) mass is 331 g/mol. The summed E-state index contributed by atoms with van der Waals surface area (Å²) in [6, 6.07) is 21.5. The summed E-state index contributed by atoms with van der Waals surface area (Å²) in [5.41, 5.74) is 4.40. The number of hydrogen-bond donors (Lipinski definition) is 1. The van der Waals surface area contributed by atoms with Crippen LogP contribution in [0.5, 0.6) is 0 Å². The van der Waals surface area contributed by atoms with E-state index in [9.17, 15) is 4.79 Å². The molecule has 3 rings (SSSR count). The maximum atomic E-state index is 12.3. The summed E-state index contributed by atoms with van der Waals surface area (Å²) < 4.78 is 0. The van der Waals surface area contributed by atoms with E-state index >= 15 is 0 Å². The first kappa shape index (κ1) is 16.7. The fourth-order valence-corrected chi connectivity index (χ4v) is 2.54. The van der Waals surface area contributed by atoms with Crippen molar-refractivity contribution in [2.75, 3.05) is 17.3 Å². The molecule has 126 valence electrons. The Morgan fingerprint density at radius 2 is 1.68 bits per heavy atom. The molecular formula is C21H21N3O. The third kappa shape index (κ3) is 4.04. The predicted molar refractivity (Wildman–Crippen MR) is 103 cm³/mol. The Bertz CT molecular complexity index is 827. The Morgan fingerprint density at radius 1 is 0.960 bits per heavy atom. The number of anilines is 3. The molecule has 0 radical (unpaired) electrons. The van der Waals surface area contributed by atoms with Gasteiger partial charge in [-0.3, -0.25) is 4.79 Å². The molecule has 0 saturated heterocycles. The summed E-state index contributed by atoms with van der Waals surface area (Å²) in [4.78, 5) is 18.7. The van der Waals surface area contributed by atoms with Crippen molar-refractivity contribution in [3.05, 3.63) is 84.2 Å². The van der Waals surface area contributed by atoms with Crippen molar-refractivity contribution in [1.82, 2.24) is 4.98 Å².